The van der Waals surface area contributed by atoms with Crippen LogP contribution < -0.4 is 5.32 Å². The van der Waals surface area contributed by atoms with Crippen molar-refractivity contribution in [3.05, 3.63) is 47.0 Å². The van der Waals surface area contributed by atoms with Crippen molar-refractivity contribution in [2.24, 2.45) is 0 Å². The molecule has 1 N–H and O–H groups in total. The molecule has 96 valence electrons. The summed E-state index contributed by atoms with van der Waals surface area (Å²) < 4.78 is 2.17. The molecule has 1 aromatic carbocycles. The summed E-state index contributed by atoms with van der Waals surface area (Å²) in [5, 5.41) is 4.14. The van der Waals surface area contributed by atoms with E-state index in [1.165, 1.54) is 5.56 Å². The third-order valence-corrected chi connectivity index (χ3v) is 3.14. The molecule has 0 saturated carbocycles. The molecular formula is C14H18ClN3. The zero-order chi connectivity index (χ0) is 13.0. The molecule has 0 spiro atoms. The number of aromatic nitrogens is 2. The number of nitrogens with zero attached hydrogens (tertiary/aromatic N) is 2. The molecule has 0 atom stereocenters. The maximum absolute atomic E-state index is 6.00. The fraction of sp³-hybridized carbons (Fsp3) is 0.357. The summed E-state index contributed by atoms with van der Waals surface area (Å²) in [6.07, 6.45) is 4.97. The lowest BCUT2D eigenvalue weighted by atomic mass is 10.2. The molecule has 0 unspecified atom stereocenters. The molecule has 3 nitrogen and oxygen atoms in total. The highest BCUT2D eigenvalue weighted by molar-refractivity contribution is 6.30. The number of anilines is 1. The second-order valence-corrected chi connectivity index (χ2v) is 4.79. The number of hydrogen-bond acceptors (Lipinski definition) is 2. The van der Waals surface area contributed by atoms with Crippen LogP contribution in [0, 0.1) is 6.92 Å². The molecule has 18 heavy (non-hydrogen) atoms. The van der Waals surface area contributed by atoms with Gasteiger partial charge in [0.05, 0.1) is 6.54 Å². The Morgan fingerprint density at radius 3 is 3.00 bits per heavy atom. The molecule has 0 aliphatic heterocycles. The van der Waals surface area contributed by atoms with Crippen LogP contribution in [0.4, 0.5) is 5.69 Å². The van der Waals surface area contributed by atoms with Crippen LogP contribution in [0.3, 0.4) is 0 Å². The molecule has 1 aromatic heterocycles. The lowest BCUT2D eigenvalue weighted by Crippen LogP contribution is -2.09. The van der Waals surface area contributed by atoms with E-state index >= 15 is 0 Å². The van der Waals surface area contributed by atoms with Gasteiger partial charge in [0.2, 0.25) is 0 Å². The van der Waals surface area contributed by atoms with E-state index in [1.807, 2.05) is 30.6 Å². The Morgan fingerprint density at radius 1 is 1.39 bits per heavy atom. The van der Waals surface area contributed by atoms with Gasteiger partial charge in [0.25, 0.3) is 0 Å². The van der Waals surface area contributed by atoms with Gasteiger partial charge in [-0.2, -0.15) is 0 Å². The highest BCUT2D eigenvalue weighted by atomic mass is 35.5. The summed E-state index contributed by atoms with van der Waals surface area (Å²) in [5.74, 6) is 1.05. The van der Waals surface area contributed by atoms with Crippen molar-refractivity contribution in [1.82, 2.24) is 9.55 Å². The van der Waals surface area contributed by atoms with Crippen molar-refractivity contribution in [3.8, 4) is 0 Å². The zero-order valence-corrected chi connectivity index (χ0v) is 11.5. The van der Waals surface area contributed by atoms with Gasteiger partial charge in [0, 0.05) is 29.6 Å². The number of halogens is 1. The molecule has 1 heterocycles. The Hall–Kier alpha value is -1.48. The summed E-state index contributed by atoms with van der Waals surface area (Å²) in [5.41, 5.74) is 2.25. The van der Waals surface area contributed by atoms with Gasteiger partial charge in [-0.15, -0.1) is 0 Å². The summed E-state index contributed by atoms with van der Waals surface area (Å²) in [7, 11) is 0. The number of nitrogens with one attached hydrogen (secondary N) is 1. The van der Waals surface area contributed by atoms with Crippen molar-refractivity contribution >= 4 is 17.3 Å². The molecule has 2 aromatic rings. The predicted octanol–water partition coefficient (Wildman–Crippen LogP) is 3.87. The molecule has 0 radical (unpaired) electrons. The molecule has 2 rings (SSSR count). The maximum atomic E-state index is 6.00. The largest absolute Gasteiger partial charge is 0.378 e. The molecule has 0 bridgehead atoms. The molecule has 0 saturated heterocycles. The summed E-state index contributed by atoms with van der Waals surface area (Å²) >= 11 is 6.00. The molecular weight excluding hydrogens is 246 g/mol. The normalized spacial score (nSPS) is 10.6. The molecule has 0 aliphatic carbocycles. The third kappa shape index (κ3) is 3.05. The Labute approximate surface area is 113 Å². The molecule has 0 fully saturated rings. The first-order chi connectivity index (χ1) is 8.70. The van der Waals surface area contributed by atoms with Gasteiger partial charge in [-0.25, -0.2) is 4.98 Å². The van der Waals surface area contributed by atoms with E-state index in [9.17, 15) is 0 Å². The van der Waals surface area contributed by atoms with Crippen LogP contribution in [0.15, 0.2) is 30.6 Å². The highest BCUT2D eigenvalue weighted by Gasteiger charge is 2.03. The first kappa shape index (κ1) is 13.0. The Morgan fingerprint density at radius 2 is 2.22 bits per heavy atom. The topological polar surface area (TPSA) is 29.9 Å². The van der Waals surface area contributed by atoms with Gasteiger partial charge in [-0.3, -0.25) is 0 Å². The van der Waals surface area contributed by atoms with E-state index < -0.39 is 0 Å². The SMILES string of the molecule is CCCn1ccnc1CNc1cc(Cl)ccc1C. The molecule has 4 heteroatoms. The van der Waals surface area contributed by atoms with Crippen molar-refractivity contribution in [1.29, 1.82) is 0 Å². The zero-order valence-electron chi connectivity index (χ0n) is 10.8. The van der Waals surface area contributed by atoms with Crippen molar-refractivity contribution in [2.75, 3.05) is 5.32 Å². The first-order valence-corrected chi connectivity index (χ1v) is 6.58. The van der Waals surface area contributed by atoms with Crippen LogP contribution in [0.25, 0.3) is 0 Å². The minimum absolute atomic E-state index is 0.716. The van der Waals surface area contributed by atoms with E-state index in [0.29, 0.717) is 6.54 Å². The predicted molar refractivity (Wildman–Crippen MR) is 76.0 cm³/mol. The highest BCUT2D eigenvalue weighted by Crippen LogP contribution is 2.20. The van der Waals surface area contributed by atoms with E-state index in [2.05, 4.69) is 28.7 Å². The van der Waals surface area contributed by atoms with Gasteiger partial charge in [-0.05, 0) is 31.0 Å². The average molecular weight is 264 g/mol. The summed E-state index contributed by atoms with van der Waals surface area (Å²) in [4.78, 5) is 4.37. The number of hydrogen-bond donors (Lipinski definition) is 1. The maximum Gasteiger partial charge on any atom is 0.128 e. The van der Waals surface area contributed by atoms with Gasteiger partial charge in [-0.1, -0.05) is 24.6 Å². The fourth-order valence-corrected chi connectivity index (χ4v) is 2.08. The van der Waals surface area contributed by atoms with E-state index in [4.69, 9.17) is 11.6 Å². The smallest absolute Gasteiger partial charge is 0.128 e. The van der Waals surface area contributed by atoms with Crippen LogP contribution in [0.1, 0.15) is 24.7 Å². The number of aryl methyl sites for hydroxylation is 2. The van der Waals surface area contributed by atoms with Crippen molar-refractivity contribution < 1.29 is 0 Å². The van der Waals surface area contributed by atoms with Gasteiger partial charge in [0.15, 0.2) is 0 Å². The lowest BCUT2D eigenvalue weighted by molar-refractivity contribution is 0.644. The second-order valence-electron chi connectivity index (χ2n) is 4.35. The minimum atomic E-state index is 0.716. The van der Waals surface area contributed by atoms with Crippen LogP contribution in [-0.4, -0.2) is 9.55 Å². The van der Waals surface area contributed by atoms with Gasteiger partial charge >= 0.3 is 0 Å². The van der Waals surface area contributed by atoms with Crippen LogP contribution >= 0.6 is 11.6 Å². The molecule has 0 aliphatic rings. The summed E-state index contributed by atoms with van der Waals surface area (Å²) in [6, 6.07) is 5.87. The van der Waals surface area contributed by atoms with Gasteiger partial charge in [0.1, 0.15) is 5.82 Å². The van der Waals surface area contributed by atoms with E-state index in [1.54, 1.807) is 0 Å². The van der Waals surface area contributed by atoms with E-state index in [-0.39, 0.29) is 0 Å². The monoisotopic (exact) mass is 263 g/mol. The quantitative estimate of drug-likeness (QED) is 0.888. The third-order valence-electron chi connectivity index (χ3n) is 2.90. The van der Waals surface area contributed by atoms with Crippen molar-refractivity contribution in [2.45, 2.75) is 33.4 Å². The summed E-state index contributed by atoms with van der Waals surface area (Å²) in [6.45, 7) is 5.95. The van der Waals surface area contributed by atoms with Crippen LogP contribution in [0.2, 0.25) is 5.02 Å². The molecule has 0 amide bonds. The fourth-order valence-electron chi connectivity index (χ4n) is 1.91. The Bertz CT molecular complexity index is 520. The van der Waals surface area contributed by atoms with Gasteiger partial charge < -0.3 is 9.88 Å². The average Bonchev–Trinajstić information content (AvgIpc) is 2.78. The second kappa shape index (κ2) is 5.91. The Kier molecular flexibility index (Phi) is 4.26. The lowest BCUT2D eigenvalue weighted by Gasteiger charge is -2.11. The van der Waals surface area contributed by atoms with Crippen molar-refractivity contribution in [3.63, 3.8) is 0 Å². The Balaban J connectivity index is 2.06. The minimum Gasteiger partial charge on any atom is -0.378 e. The standard InChI is InChI=1S/C14H18ClN3/c1-3-7-18-8-6-16-14(18)10-17-13-9-12(15)5-4-11(13)2/h4-6,8-9,17H,3,7,10H2,1-2H3. The van der Waals surface area contributed by atoms with Crippen LogP contribution in [0.5, 0.6) is 0 Å². The number of benzene rings is 1. The number of rotatable bonds is 5. The van der Waals surface area contributed by atoms with Crippen LogP contribution in [-0.2, 0) is 13.1 Å². The van der Waals surface area contributed by atoms with E-state index in [0.717, 1.165) is 29.5 Å². The first-order valence-electron chi connectivity index (χ1n) is 6.20. The number of imidazole rings is 1.